The minimum absolute atomic E-state index is 0. The second kappa shape index (κ2) is 13.6. The van der Waals surface area contributed by atoms with Crippen molar-refractivity contribution < 1.29 is 33.5 Å². The fourth-order valence-corrected chi connectivity index (χ4v) is 8.76. The summed E-state index contributed by atoms with van der Waals surface area (Å²) in [6.07, 6.45) is 3.30. The molecule has 0 amide bonds. The van der Waals surface area contributed by atoms with Gasteiger partial charge in [0.1, 0.15) is 28.9 Å². The van der Waals surface area contributed by atoms with Gasteiger partial charge in [0.2, 0.25) is 0 Å². The third-order valence-corrected chi connectivity index (χ3v) is 10.6. The van der Waals surface area contributed by atoms with Gasteiger partial charge >= 0.3 is 0 Å². The van der Waals surface area contributed by atoms with Crippen LogP contribution >= 0.6 is 7.26 Å². The van der Waals surface area contributed by atoms with Crippen molar-refractivity contribution in [2.45, 2.75) is 19.4 Å². The maximum atomic E-state index is 6.00. The lowest BCUT2D eigenvalue weighted by Crippen LogP contribution is -3.00. The zero-order valence-corrected chi connectivity index (χ0v) is 22.7. The Morgan fingerprint density at radius 1 is 0.588 bits per heavy atom. The Bertz CT molecular complexity index is 990. The third-order valence-electron chi connectivity index (χ3n) is 6.05. The Balaban J connectivity index is 0.00000324. The first-order chi connectivity index (χ1) is 16.3. The molecular weight excluding hydrogens is 550 g/mol. The maximum absolute atomic E-state index is 6.00. The number of hydrogen-bond acceptors (Lipinski definition) is 2. The molecule has 0 aliphatic carbocycles. The van der Waals surface area contributed by atoms with Crippen LogP contribution in [0, 0.1) is 0 Å². The molecule has 0 atom stereocenters. The van der Waals surface area contributed by atoms with Crippen molar-refractivity contribution in [1.29, 1.82) is 0 Å². The molecule has 176 valence electrons. The normalized spacial score (nSPS) is 11.0. The van der Waals surface area contributed by atoms with Gasteiger partial charge < -0.3 is 33.5 Å². The SMILES string of the molecule is COc1ccc(COCCCC[P+](c2ccccc2)(c2ccccc2)c2ccccc2)cc1.[I-]. The molecule has 0 N–H and O–H groups in total. The van der Waals surface area contributed by atoms with E-state index >= 15 is 0 Å². The van der Waals surface area contributed by atoms with Crippen LogP contribution < -0.4 is 44.6 Å². The van der Waals surface area contributed by atoms with Crippen LogP contribution in [0.15, 0.2) is 115 Å². The predicted octanol–water partition coefficient (Wildman–Crippen LogP) is 2.99. The van der Waals surface area contributed by atoms with Gasteiger partial charge in [-0.05, 0) is 66.9 Å². The van der Waals surface area contributed by atoms with Crippen LogP contribution in [0.25, 0.3) is 0 Å². The van der Waals surface area contributed by atoms with Gasteiger partial charge in [-0.3, -0.25) is 0 Å². The quantitative estimate of drug-likeness (QED) is 0.154. The summed E-state index contributed by atoms with van der Waals surface area (Å²) < 4.78 is 11.2. The Morgan fingerprint density at radius 2 is 1.06 bits per heavy atom. The molecule has 0 unspecified atom stereocenters. The molecule has 0 aliphatic rings. The second-order valence-corrected chi connectivity index (χ2v) is 11.8. The summed E-state index contributed by atoms with van der Waals surface area (Å²) in [5.41, 5.74) is 1.18. The van der Waals surface area contributed by atoms with Crippen molar-refractivity contribution in [2.24, 2.45) is 0 Å². The average molecular weight is 582 g/mol. The van der Waals surface area contributed by atoms with E-state index in [1.165, 1.54) is 21.5 Å². The summed E-state index contributed by atoms with van der Waals surface area (Å²) in [5, 5.41) is 4.34. The van der Waals surface area contributed by atoms with Gasteiger partial charge in [-0.25, -0.2) is 0 Å². The van der Waals surface area contributed by atoms with Gasteiger partial charge in [0.05, 0.1) is 19.9 Å². The van der Waals surface area contributed by atoms with E-state index in [-0.39, 0.29) is 24.0 Å². The predicted molar refractivity (Wildman–Crippen MR) is 142 cm³/mol. The standard InChI is InChI=1S/C30H32O2P.HI/c1-31-27-21-19-26(20-22-27)25-32-23-11-12-24-33(28-13-5-2-6-14-28,29-15-7-3-8-16-29)30-17-9-4-10-18-30;/h2-10,13-22H,11-12,23-25H2,1H3;1H/q+1;/p-1. The number of methoxy groups -OCH3 is 1. The van der Waals surface area contributed by atoms with Crippen molar-refractivity contribution in [3.8, 4) is 5.75 Å². The summed E-state index contributed by atoms with van der Waals surface area (Å²) in [7, 11) is -0.0495. The highest BCUT2D eigenvalue weighted by atomic mass is 127. The monoisotopic (exact) mass is 582 g/mol. The molecule has 4 heteroatoms. The van der Waals surface area contributed by atoms with Gasteiger partial charge in [-0.1, -0.05) is 66.7 Å². The minimum Gasteiger partial charge on any atom is -1.00 e. The van der Waals surface area contributed by atoms with Crippen LogP contribution in [0.1, 0.15) is 18.4 Å². The Morgan fingerprint density at radius 3 is 1.50 bits per heavy atom. The van der Waals surface area contributed by atoms with Gasteiger partial charge in [-0.2, -0.15) is 0 Å². The van der Waals surface area contributed by atoms with E-state index < -0.39 is 7.26 Å². The van der Waals surface area contributed by atoms with Crippen molar-refractivity contribution in [3.05, 3.63) is 121 Å². The lowest BCUT2D eigenvalue weighted by molar-refractivity contribution is -0.00000737. The number of unbranched alkanes of at least 4 members (excludes halogenated alkanes) is 1. The highest BCUT2D eigenvalue weighted by Gasteiger charge is 2.44. The number of rotatable bonds is 11. The van der Waals surface area contributed by atoms with Crippen LogP contribution in [0.4, 0.5) is 0 Å². The fourth-order valence-electron chi connectivity index (χ4n) is 4.35. The smallest absolute Gasteiger partial charge is 0.118 e. The molecule has 0 fully saturated rings. The molecule has 0 bridgehead atoms. The fraction of sp³-hybridized carbons (Fsp3) is 0.200. The van der Waals surface area contributed by atoms with Crippen molar-refractivity contribution >= 4 is 23.2 Å². The summed E-state index contributed by atoms with van der Waals surface area (Å²) >= 11 is 0. The first-order valence-corrected chi connectivity index (χ1v) is 13.6. The largest absolute Gasteiger partial charge is 1.00 e. The van der Waals surface area contributed by atoms with Crippen LogP contribution in [0.3, 0.4) is 0 Å². The van der Waals surface area contributed by atoms with Crippen LogP contribution in [-0.4, -0.2) is 19.9 Å². The summed E-state index contributed by atoms with van der Waals surface area (Å²) in [4.78, 5) is 0. The van der Waals surface area contributed by atoms with E-state index in [1.54, 1.807) is 7.11 Å². The summed E-state index contributed by atoms with van der Waals surface area (Å²) in [6, 6.07) is 41.4. The zero-order valence-electron chi connectivity index (χ0n) is 19.6. The summed E-state index contributed by atoms with van der Waals surface area (Å²) in [6.45, 7) is 1.41. The van der Waals surface area contributed by atoms with Gasteiger partial charge in [0.15, 0.2) is 0 Å². The molecule has 0 heterocycles. The van der Waals surface area contributed by atoms with E-state index in [1.807, 2.05) is 12.1 Å². The number of hydrogen-bond donors (Lipinski definition) is 0. The van der Waals surface area contributed by atoms with Crippen LogP contribution in [0.5, 0.6) is 5.75 Å². The van der Waals surface area contributed by atoms with E-state index in [2.05, 4.69) is 103 Å². The number of halogens is 1. The molecular formula is C30H32IO2P. The van der Waals surface area contributed by atoms with Crippen molar-refractivity contribution in [2.75, 3.05) is 19.9 Å². The van der Waals surface area contributed by atoms with Crippen LogP contribution in [0.2, 0.25) is 0 Å². The first kappa shape index (κ1) is 26.4. The lowest BCUT2D eigenvalue weighted by atomic mass is 10.2. The highest BCUT2D eigenvalue weighted by molar-refractivity contribution is 7.95. The molecule has 0 saturated carbocycles. The molecule has 0 saturated heterocycles. The number of ether oxygens (including phenoxy) is 2. The van der Waals surface area contributed by atoms with E-state index in [0.717, 1.165) is 31.4 Å². The molecule has 0 radical (unpaired) electrons. The highest BCUT2D eigenvalue weighted by Crippen LogP contribution is 2.55. The zero-order chi connectivity index (χ0) is 22.8. The van der Waals surface area contributed by atoms with Crippen LogP contribution in [-0.2, 0) is 11.3 Å². The molecule has 4 aromatic rings. The van der Waals surface area contributed by atoms with E-state index in [9.17, 15) is 0 Å². The topological polar surface area (TPSA) is 18.5 Å². The molecule has 2 nitrogen and oxygen atoms in total. The second-order valence-electron chi connectivity index (χ2n) is 8.15. The van der Waals surface area contributed by atoms with E-state index in [4.69, 9.17) is 9.47 Å². The van der Waals surface area contributed by atoms with Gasteiger partial charge in [0, 0.05) is 6.61 Å². The Kier molecular flexibility index (Phi) is 10.6. The number of benzene rings is 4. The summed E-state index contributed by atoms with van der Waals surface area (Å²) in [5.74, 6) is 0.877. The maximum Gasteiger partial charge on any atom is 0.118 e. The molecule has 0 aliphatic heterocycles. The van der Waals surface area contributed by atoms with E-state index in [0.29, 0.717) is 6.61 Å². The molecule has 4 rings (SSSR count). The van der Waals surface area contributed by atoms with Crippen molar-refractivity contribution in [3.63, 3.8) is 0 Å². The van der Waals surface area contributed by atoms with Gasteiger partial charge in [-0.15, -0.1) is 0 Å². The molecule has 34 heavy (non-hydrogen) atoms. The van der Waals surface area contributed by atoms with Gasteiger partial charge in [0.25, 0.3) is 0 Å². The first-order valence-electron chi connectivity index (χ1n) is 11.6. The average Bonchev–Trinajstić information content (AvgIpc) is 2.90. The van der Waals surface area contributed by atoms with Crippen molar-refractivity contribution in [1.82, 2.24) is 0 Å². The molecule has 4 aromatic carbocycles. The minimum atomic E-state index is -1.74. The lowest BCUT2D eigenvalue weighted by Gasteiger charge is -2.27. The third kappa shape index (κ3) is 6.47. The Labute approximate surface area is 221 Å². The Hall–Kier alpha value is -2.20. The molecule has 0 aromatic heterocycles. The molecule has 0 spiro atoms.